The molecule has 130 valence electrons. The lowest BCUT2D eigenvalue weighted by Crippen LogP contribution is -2.38. The highest BCUT2D eigenvalue weighted by molar-refractivity contribution is 7.09. The number of alkyl halides is 3. The molecule has 0 aliphatic rings. The van der Waals surface area contributed by atoms with Gasteiger partial charge >= 0.3 is 6.18 Å². The second-order valence-corrected chi connectivity index (χ2v) is 5.80. The summed E-state index contributed by atoms with van der Waals surface area (Å²) in [5.74, 6) is 0.546. The van der Waals surface area contributed by atoms with Crippen LogP contribution in [0.1, 0.15) is 23.2 Å². The maximum absolute atomic E-state index is 12.5. The van der Waals surface area contributed by atoms with Gasteiger partial charge in [0, 0.05) is 30.9 Å². The Morgan fingerprint density at radius 2 is 2.17 bits per heavy atom. The number of nitrogens with zero attached hydrogens (tertiary/aromatic N) is 3. The molecule has 0 bridgehead atoms. The number of guanidine groups is 1. The molecule has 0 aromatic carbocycles. The topological polar surface area (TPSA) is 62.2 Å². The Bertz CT molecular complexity index is 655. The van der Waals surface area contributed by atoms with Crippen LogP contribution in [0.2, 0.25) is 0 Å². The minimum absolute atomic E-state index is 0.100. The van der Waals surface area contributed by atoms with Crippen molar-refractivity contribution in [2.24, 2.45) is 4.99 Å². The summed E-state index contributed by atoms with van der Waals surface area (Å²) in [7, 11) is 0. The van der Waals surface area contributed by atoms with Gasteiger partial charge in [-0.1, -0.05) is 6.07 Å². The highest BCUT2D eigenvalue weighted by Crippen LogP contribution is 2.30. The molecule has 0 aliphatic carbocycles. The summed E-state index contributed by atoms with van der Waals surface area (Å²) in [5.41, 5.74) is 0.225. The Labute approximate surface area is 142 Å². The SMILES string of the molecule is CCNC(=NCc1nc(C(F)(F)F)cs1)NCCc1cccnc1. The van der Waals surface area contributed by atoms with Crippen molar-refractivity contribution in [2.75, 3.05) is 13.1 Å². The predicted molar refractivity (Wildman–Crippen MR) is 87.9 cm³/mol. The summed E-state index contributed by atoms with van der Waals surface area (Å²) in [6, 6.07) is 3.85. The van der Waals surface area contributed by atoms with Gasteiger partial charge in [0.15, 0.2) is 11.7 Å². The summed E-state index contributed by atoms with van der Waals surface area (Å²) in [4.78, 5) is 11.9. The average Bonchev–Trinajstić information content (AvgIpc) is 3.03. The normalized spacial score (nSPS) is 12.2. The Balaban J connectivity index is 1.89. The van der Waals surface area contributed by atoms with Gasteiger partial charge in [0.05, 0.1) is 6.54 Å². The van der Waals surface area contributed by atoms with E-state index in [-0.39, 0.29) is 6.54 Å². The van der Waals surface area contributed by atoms with Gasteiger partial charge in [-0.05, 0) is 25.0 Å². The fourth-order valence-corrected chi connectivity index (χ4v) is 2.60. The first-order valence-electron chi connectivity index (χ1n) is 7.41. The molecule has 0 atom stereocenters. The molecule has 2 aromatic rings. The number of rotatable bonds is 6. The summed E-state index contributed by atoms with van der Waals surface area (Å²) in [5, 5.41) is 7.53. The van der Waals surface area contributed by atoms with E-state index >= 15 is 0 Å². The van der Waals surface area contributed by atoms with Crippen molar-refractivity contribution in [3.63, 3.8) is 0 Å². The molecular formula is C15H18F3N5S. The van der Waals surface area contributed by atoms with Crippen LogP contribution in [0.5, 0.6) is 0 Å². The fourth-order valence-electron chi connectivity index (χ4n) is 1.87. The number of aliphatic imine (C=N–C) groups is 1. The first-order valence-corrected chi connectivity index (χ1v) is 8.29. The van der Waals surface area contributed by atoms with Crippen molar-refractivity contribution in [3.8, 4) is 0 Å². The van der Waals surface area contributed by atoms with E-state index in [2.05, 4.69) is 25.6 Å². The summed E-state index contributed by atoms with van der Waals surface area (Å²) < 4.78 is 37.6. The number of pyridine rings is 1. The summed E-state index contributed by atoms with van der Waals surface area (Å²) >= 11 is 0.955. The molecule has 5 nitrogen and oxygen atoms in total. The van der Waals surface area contributed by atoms with Gasteiger partial charge in [0.2, 0.25) is 0 Å². The van der Waals surface area contributed by atoms with Crippen LogP contribution in [-0.4, -0.2) is 29.0 Å². The van der Waals surface area contributed by atoms with Crippen molar-refractivity contribution in [1.29, 1.82) is 0 Å². The molecule has 0 aliphatic heterocycles. The summed E-state index contributed by atoms with van der Waals surface area (Å²) in [6.07, 6.45) is -0.135. The van der Waals surface area contributed by atoms with Crippen LogP contribution in [-0.2, 0) is 19.1 Å². The van der Waals surface area contributed by atoms with Crippen molar-refractivity contribution in [1.82, 2.24) is 20.6 Å². The van der Waals surface area contributed by atoms with E-state index in [0.717, 1.165) is 28.7 Å². The number of nitrogens with one attached hydrogen (secondary N) is 2. The Morgan fingerprint density at radius 1 is 1.33 bits per heavy atom. The molecule has 9 heteroatoms. The molecule has 0 spiro atoms. The van der Waals surface area contributed by atoms with Gasteiger partial charge in [-0.2, -0.15) is 13.2 Å². The van der Waals surface area contributed by atoms with E-state index < -0.39 is 11.9 Å². The van der Waals surface area contributed by atoms with E-state index in [0.29, 0.717) is 24.1 Å². The maximum Gasteiger partial charge on any atom is 0.434 e. The lowest BCUT2D eigenvalue weighted by Gasteiger charge is -2.10. The quantitative estimate of drug-likeness (QED) is 0.616. The Morgan fingerprint density at radius 3 is 2.79 bits per heavy atom. The minimum atomic E-state index is -4.41. The van der Waals surface area contributed by atoms with E-state index in [9.17, 15) is 13.2 Å². The van der Waals surface area contributed by atoms with Gasteiger partial charge in [-0.15, -0.1) is 11.3 Å². The molecule has 0 amide bonds. The van der Waals surface area contributed by atoms with Gasteiger partial charge in [-0.25, -0.2) is 9.98 Å². The predicted octanol–water partition coefficient (Wildman–Crippen LogP) is 2.85. The zero-order chi connectivity index (χ0) is 17.4. The van der Waals surface area contributed by atoms with Crippen LogP contribution in [0.4, 0.5) is 13.2 Å². The van der Waals surface area contributed by atoms with Crippen molar-refractivity contribution in [2.45, 2.75) is 26.1 Å². The number of hydrogen-bond donors (Lipinski definition) is 2. The van der Waals surface area contributed by atoms with Crippen molar-refractivity contribution in [3.05, 3.63) is 46.2 Å². The smallest absolute Gasteiger partial charge is 0.357 e. The van der Waals surface area contributed by atoms with Crippen LogP contribution in [0.3, 0.4) is 0 Å². The molecule has 0 radical (unpaired) electrons. The van der Waals surface area contributed by atoms with Crippen LogP contribution in [0.25, 0.3) is 0 Å². The largest absolute Gasteiger partial charge is 0.434 e. The summed E-state index contributed by atoms with van der Waals surface area (Å²) in [6.45, 7) is 3.32. The Kier molecular flexibility index (Phi) is 6.53. The maximum atomic E-state index is 12.5. The van der Waals surface area contributed by atoms with Crippen LogP contribution in [0.15, 0.2) is 34.9 Å². The van der Waals surface area contributed by atoms with Crippen molar-refractivity contribution < 1.29 is 13.2 Å². The third kappa shape index (κ3) is 5.80. The third-order valence-corrected chi connectivity index (χ3v) is 3.82. The van der Waals surface area contributed by atoms with Gasteiger partial charge in [-0.3, -0.25) is 4.98 Å². The number of halogens is 3. The molecule has 24 heavy (non-hydrogen) atoms. The van der Waals surface area contributed by atoms with E-state index in [1.54, 1.807) is 12.4 Å². The molecular weight excluding hydrogens is 339 g/mol. The van der Waals surface area contributed by atoms with E-state index in [1.807, 2.05) is 19.1 Å². The molecule has 0 fully saturated rings. The molecule has 2 aromatic heterocycles. The average molecular weight is 357 g/mol. The molecule has 0 saturated carbocycles. The number of thiazole rings is 1. The van der Waals surface area contributed by atoms with E-state index in [4.69, 9.17) is 0 Å². The fraction of sp³-hybridized carbons (Fsp3) is 0.400. The first kappa shape index (κ1) is 18.2. The van der Waals surface area contributed by atoms with Crippen LogP contribution >= 0.6 is 11.3 Å². The highest BCUT2D eigenvalue weighted by Gasteiger charge is 2.33. The number of hydrogen-bond acceptors (Lipinski definition) is 4. The molecule has 2 N–H and O–H groups in total. The molecule has 0 unspecified atom stereocenters. The van der Waals surface area contributed by atoms with Gasteiger partial charge in [0.1, 0.15) is 5.01 Å². The second-order valence-electron chi connectivity index (χ2n) is 4.86. The zero-order valence-electron chi connectivity index (χ0n) is 13.1. The lowest BCUT2D eigenvalue weighted by atomic mass is 10.2. The van der Waals surface area contributed by atoms with Crippen molar-refractivity contribution >= 4 is 17.3 Å². The van der Waals surface area contributed by atoms with Crippen LogP contribution in [0, 0.1) is 0 Å². The monoisotopic (exact) mass is 357 g/mol. The van der Waals surface area contributed by atoms with Gasteiger partial charge < -0.3 is 10.6 Å². The standard InChI is InChI=1S/C15H18F3N5S/c1-2-20-14(21-7-5-11-4-3-6-19-8-11)22-9-13-23-12(10-24-13)15(16,17)18/h3-4,6,8,10H,2,5,7,9H2,1H3,(H2,20,21,22). The third-order valence-electron chi connectivity index (χ3n) is 2.99. The first-order chi connectivity index (χ1) is 11.5. The molecule has 0 saturated heterocycles. The Hall–Kier alpha value is -2.16. The zero-order valence-corrected chi connectivity index (χ0v) is 13.9. The molecule has 2 heterocycles. The van der Waals surface area contributed by atoms with Crippen LogP contribution < -0.4 is 10.6 Å². The van der Waals surface area contributed by atoms with E-state index in [1.165, 1.54) is 0 Å². The molecule has 2 rings (SSSR count). The highest BCUT2D eigenvalue weighted by atomic mass is 32.1. The lowest BCUT2D eigenvalue weighted by molar-refractivity contribution is -0.140. The second kappa shape index (κ2) is 8.62. The van der Waals surface area contributed by atoms with Gasteiger partial charge in [0.25, 0.3) is 0 Å². The number of aromatic nitrogens is 2. The minimum Gasteiger partial charge on any atom is -0.357 e.